The summed E-state index contributed by atoms with van der Waals surface area (Å²) in [6, 6.07) is 0.613. The number of fused-ring (bicyclic) bond motifs is 2. The average Bonchev–Trinajstić information content (AvgIpc) is 2.91. The molecule has 3 rings (SSSR count). The molecular weight excluding hydrogens is 224 g/mol. The van der Waals surface area contributed by atoms with Crippen LogP contribution in [0.1, 0.15) is 25.7 Å². The average molecular weight is 244 g/mol. The van der Waals surface area contributed by atoms with Crippen LogP contribution in [0.4, 0.5) is 0 Å². The van der Waals surface area contributed by atoms with Gasteiger partial charge in [-0.2, -0.15) is 0 Å². The Bertz CT molecular complexity index is 395. The Hall–Kier alpha value is -0.130. The van der Waals surface area contributed by atoms with E-state index >= 15 is 0 Å². The molecule has 2 heterocycles. The van der Waals surface area contributed by atoms with E-state index in [0.717, 1.165) is 18.9 Å². The highest BCUT2D eigenvalue weighted by Gasteiger charge is 2.52. The van der Waals surface area contributed by atoms with E-state index in [1.54, 1.807) is 0 Å². The molecule has 3 atom stereocenters. The second-order valence-corrected chi connectivity index (χ2v) is 7.94. The van der Waals surface area contributed by atoms with Crippen molar-refractivity contribution in [1.82, 2.24) is 4.90 Å². The molecule has 4 nitrogen and oxygen atoms in total. The van der Waals surface area contributed by atoms with Gasteiger partial charge in [0.05, 0.1) is 11.5 Å². The van der Waals surface area contributed by atoms with Crippen LogP contribution < -0.4 is 5.73 Å². The molecule has 3 aliphatic rings. The standard InChI is InChI=1S/C11H20N2O2S/c12-7-11(3-4-16(14,15)8-11)13-6-9-1-2-10(13)5-9/h9-10H,1-8,12H2. The topological polar surface area (TPSA) is 63.4 Å². The van der Waals surface area contributed by atoms with Gasteiger partial charge in [-0.1, -0.05) is 0 Å². The fourth-order valence-electron chi connectivity index (χ4n) is 3.91. The largest absolute Gasteiger partial charge is 0.329 e. The molecule has 0 radical (unpaired) electrons. The summed E-state index contributed by atoms with van der Waals surface area (Å²) < 4.78 is 23.4. The van der Waals surface area contributed by atoms with Crippen molar-refractivity contribution in [2.24, 2.45) is 11.7 Å². The molecular formula is C11H20N2O2S. The predicted octanol–water partition coefficient (Wildman–Crippen LogP) is -0.0133. The highest BCUT2D eigenvalue weighted by atomic mass is 32.2. The van der Waals surface area contributed by atoms with Crippen molar-refractivity contribution >= 4 is 9.84 Å². The van der Waals surface area contributed by atoms with Crippen LogP contribution in [0.25, 0.3) is 0 Å². The van der Waals surface area contributed by atoms with Crippen LogP contribution in [-0.2, 0) is 9.84 Å². The summed E-state index contributed by atoms with van der Waals surface area (Å²) in [5.74, 6) is 1.43. The van der Waals surface area contributed by atoms with E-state index in [1.807, 2.05) is 0 Å². The Labute approximate surface area is 97.1 Å². The molecule has 1 saturated carbocycles. The van der Waals surface area contributed by atoms with Crippen molar-refractivity contribution in [3.05, 3.63) is 0 Å². The lowest BCUT2D eigenvalue weighted by molar-refractivity contribution is 0.0800. The number of nitrogens with zero attached hydrogens (tertiary/aromatic N) is 1. The van der Waals surface area contributed by atoms with Crippen LogP contribution in [0.3, 0.4) is 0 Å². The van der Waals surface area contributed by atoms with Gasteiger partial charge in [-0.15, -0.1) is 0 Å². The first-order valence-electron chi connectivity index (χ1n) is 6.22. The Kier molecular flexibility index (Phi) is 2.36. The lowest BCUT2D eigenvalue weighted by Crippen LogP contribution is -2.57. The molecule has 0 aromatic carbocycles. The highest BCUT2D eigenvalue weighted by Crippen LogP contribution is 2.44. The van der Waals surface area contributed by atoms with Gasteiger partial charge in [0, 0.05) is 24.7 Å². The molecule has 0 aromatic heterocycles. The summed E-state index contributed by atoms with van der Waals surface area (Å²) in [6.45, 7) is 1.58. The number of rotatable bonds is 2. The molecule has 0 amide bonds. The van der Waals surface area contributed by atoms with Gasteiger partial charge in [-0.05, 0) is 31.6 Å². The maximum Gasteiger partial charge on any atom is 0.152 e. The number of hydrogen-bond acceptors (Lipinski definition) is 4. The van der Waals surface area contributed by atoms with E-state index in [-0.39, 0.29) is 5.54 Å². The molecule has 3 unspecified atom stereocenters. The quantitative estimate of drug-likeness (QED) is 0.742. The van der Waals surface area contributed by atoms with Gasteiger partial charge >= 0.3 is 0 Å². The second-order valence-electron chi connectivity index (χ2n) is 5.76. The molecule has 2 aliphatic heterocycles. The van der Waals surface area contributed by atoms with E-state index in [1.165, 1.54) is 19.3 Å². The van der Waals surface area contributed by atoms with Crippen molar-refractivity contribution in [3.63, 3.8) is 0 Å². The van der Waals surface area contributed by atoms with E-state index in [2.05, 4.69) is 4.90 Å². The normalized spacial score (nSPS) is 46.6. The molecule has 2 bridgehead atoms. The lowest BCUT2D eigenvalue weighted by atomic mass is 9.93. The first-order chi connectivity index (χ1) is 7.55. The number of likely N-dealkylation sites (tertiary alicyclic amines) is 1. The van der Waals surface area contributed by atoms with Gasteiger partial charge < -0.3 is 5.73 Å². The fourth-order valence-corrected chi connectivity index (χ4v) is 5.99. The van der Waals surface area contributed by atoms with Crippen LogP contribution in [0.5, 0.6) is 0 Å². The van der Waals surface area contributed by atoms with E-state index in [4.69, 9.17) is 5.73 Å². The van der Waals surface area contributed by atoms with Crippen molar-refractivity contribution in [1.29, 1.82) is 0 Å². The van der Waals surface area contributed by atoms with Crippen LogP contribution >= 0.6 is 0 Å². The zero-order chi connectivity index (χ0) is 11.4. The summed E-state index contributed by atoms with van der Waals surface area (Å²) >= 11 is 0. The second kappa shape index (κ2) is 3.43. The maximum atomic E-state index is 11.7. The summed E-state index contributed by atoms with van der Waals surface area (Å²) in [5, 5.41) is 0. The molecule has 0 aromatic rings. The number of sulfone groups is 1. The first kappa shape index (κ1) is 11.0. The Balaban J connectivity index is 1.86. The molecule has 2 N–H and O–H groups in total. The third kappa shape index (κ3) is 1.52. The van der Waals surface area contributed by atoms with Crippen molar-refractivity contribution in [2.45, 2.75) is 37.3 Å². The minimum absolute atomic E-state index is 0.224. The van der Waals surface area contributed by atoms with Crippen LogP contribution in [0.15, 0.2) is 0 Å². The summed E-state index contributed by atoms with van der Waals surface area (Å²) in [4.78, 5) is 2.44. The summed E-state index contributed by atoms with van der Waals surface area (Å²) in [6.07, 6.45) is 4.58. The van der Waals surface area contributed by atoms with Gasteiger partial charge in [-0.3, -0.25) is 4.90 Å². The molecule has 0 spiro atoms. The van der Waals surface area contributed by atoms with E-state index in [0.29, 0.717) is 24.1 Å². The number of piperidine rings is 1. The van der Waals surface area contributed by atoms with Crippen LogP contribution in [-0.4, -0.2) is 49.5 Å². The van der Waals surface area contributed by atoms with Crippen molar-refractivity contribution < 1.29 is 8.42 Å². The minimum atomic E-state index is -2.84. The van der Waals surface area contributed by atoms with Gasteiger partial charge in [0.25, 0.3) is 0 Å². The zero-order valence-electron chi connectivity index (χ0n) is 9.56. The maximum absolute atomic E-state index is 11.7. The monoisotopic (exact) mass is 244 g/mol. The smallest absolute Gasteiger partial charge is 0.152 e. The summed E-state index contributed by atoms with van der Waals surface area (Å²) in [5.41, 5.74) is 5.67. The van der Waals surface area contributed by atoms with Crippen LogP contribution in [0, 0.1) is 5.92 Å². The van der Waals surface area contributed by atoms with Crippen molar-refractivity contribution in [2.75, 3.05) is 24.6 Å². The molecule has 3 fully saturated rings. The van der Waals surface area contributed by atoms with Crippen molar-refractivity contribution in [3.8, 4) is 0 Å². The molecule has 5 heteroatoms. The molecule has 1 aliphatic carbocycles. The Morgan fingerprint density at radius 3 is 2.62 bits per heavy atom. The summed E-state index contributed by atoms with van der Waals surface area (Å²) in [7, 11) is -2.84. The van der Waals surface area contributed by atoms with E-state index in [9.17, 15) is 8.42 Å². The van der Waals surface area contributed by atoms with Gasteiger partial charge in [0.2, 0.25) is 0 Å². The van der Waals surface area contributed by atoms with E-state index < -0.39 is 9.84 Å². The third-order valence-electron chi connectivity index (χ3n) is 4.77. The lowest BCUT2D eigenvalue weighted by Gasteiger charge is -2.42. The number of hydrogen-bond donors (Lipinski definition) is 1. The zero-order valence-corrected chi connectivity index (χ0v) is 10.4. The predicted molar refractivity (Wildman–Crippen MR) is 62.9 cm³/mol. The SMILES string of the molecule is NCC1(N2CC3CCC2C3)CCS(=O)(=O)C1. The fraction of sp³-hybridized carbons (Fsp3) is 1.00. The third-order valence-corrected chi connectivity index (χ3v) is 6.57. The first-order valence-corrected chi connectivity index (χ1v) is 8.04. The van der Waals surface area contributed by atoms with Gasteiger partial charge in [0.15, 0.2) is 9.84 Å². The van der Waals surface area contributed by atoms with Gasteiger partial charge in [-0.25, -0.2) is 8.42 Å². The highest BCUT2D eigenvalue weighted by molar-refractivity contribution is 7.91. The van der Waals surface area contributed by atoms with Crippen LogP contribution in [0.2, 0.25) is 0 Å². The van der Waals surface area contributed by atoms with Gasteiger partial charge in [0.1, 0.15) is 0 Å². The number of nitrogens with two attached hydrogens (primary N) is 1. The Morgan fingerprint density at radius 2 is 2.19 bits per heavy atom. The minimum Gasteiger partial charge on any atom is -0.329 e. The molecule has 16 heavy (non-hydrogen) atoms. The molecule has 92 valence electrons. The molecule has 2 saturated heterocycles. The Morgan fingerprint density at radius 1 is 1.38 bits per heavy atom.